The Morgan fingerprint density at radius 3 is 2.35 bits per heavy atom. The maximum atomic E-state index is 13.4. The maximum Gasteiger partial charge on any atom is 0.325 e. The van der Waals surface area contributed by atoms with Crippen molar-refractivity contribution >= 4 is 17.7 Å². The zero-order valence-corrected chi connectivity index (χ0v) is 13.8. The summed E-state index contributed by atoms with van der Waals surface area (Å²) in [5, 5.41) is 2.26. The number of rotatable bonds is 8. The van der Waals surface area contributed by atoms with Gasteiger partial charge in [0.2, 0.25) is 0 Å². The van der Waals surface area contributed by atoms with E-state index in [1.807, 2.05) is 0 Å². The summed E-state index contributed by atoms with van der Waals surface area (Å²) in [6.45, 7) is -0.402. The van der Waals surface area contributed by atoms with Gasteiger partial charge in [-0.05, 0) is 42.8 Å². The minimum atomic E-state index is -0.716. The number of carbonyl (C=O) groups excluding carboxylic acids is 3. The molecule has 0 saturated carbocycles. The number of hydrogen-bond donors (Lipinski definition) is 1. The van der Waals surface area contributed by atoms with Crippen LogP contribution in [0.5, 0.6) is 0 Å². The number of benzene rings is 2. The molecule has 0 atom stereocenters. The van der Waals surface area contributed by atoms with E-state index in [2.05, 4.69) is 5.32 Å². The van der Waals surface area contributed by atoms with Gasteiger partial charge in [-0.15, -0.1) is 0 Å². The highest BCUT2D eigenvalue weighted by Crippen LogP contribution is 2.08. The van der Waals surface area contributed by atoms with Crippen LogP contribution in [0.2, 0.25) is 0 Å². The van der Waals surface area contributed by atoms with Crippen LogP contribution in [0.4, 0.5) is 8.78 Å². The van der Waals surface area contributed by atoms with Gasteiger partial charge in [-0.25, -0.2) is 8.78 Å². The third-order valence-corrected chi connectivity index (χ3v) is 3.49. The molecule has 136 valence electrons. The van der Waals surface area contributed by atoms with E-state index in [-0.39, 0.29) is 24.4 Å². The van der Waals surface area contributed by atoms with Crippen LogP contribution < -0.4 is 5.32 Å². The molecule has 0 heterocycles. The van der Waals surface area contributed by atoms with Crippen LogP contribution in [-0.4, -0.2) is 30.8 Å². The number of nitrogens with one attached hydrogen (secondary N) is 1. The van der Waals surface area contributed by atoms with Crippen molar-refractivity contribution < 1.29 is 27.9 Å². The number of carbonyl (C=O) groups is 3. The Morgan fingerprint density at radius 1 is 0.962 bits per heavy atom. The van der Waals surface area contributed by atoms with E-state index in [1.54, 1.807) is 0 Å². The topological polar surface area (TPSA) is 72.5 Å². The Kier molecular flexibility index (Phi) is 6.96. The second-order valence-corrected chi connectivity index (χ2v) is 5.42. The first-order valence-corrected chi connectivity index (χ1v) is 7.94. The fraction of sp³-hybridized carbons (Fsp3) is 0.211. The predicted octanol–water partition coefficient (Wildman–Crippen LogP) is 2.90. The highest BCUT2D eigenvalue weighted by Gasteiger charge is 2.13. The monoisotopic (exact) mass is 361 g/mol. The van der Waals surface area contributed by atoms with Gasteiger partial charge in [0.25, 0.3) is 5.91 Å². The Hall–Kier alpha value is -3.09. The summed E-state index contributed by atoms with van der Waals surface area (Å²) in [5.74, 6) is -2.70. The minimum absolute atomic E-state index is 0.00133. The van der Waals surface area contributed by atoms with Crippen molar-refractivity contribution in [2.45, 2.75) is 12.8 Å². The summed E-state index contributed by atoms with van der Waals surface area (Å²) in [4.78, 5) is 35.1. The number of ketones is 1. The summed E-state index contributed by atoms with van der Waals surface area (Å²) in [6, 6.07) is 10.6. The van der Waals surface area contributed by atoms with Crippen LogP contribution in [0.15, 0.2) is 48.5 Å². The molecule has 1 amide bonds. The van der Waals surface area contributed by atoms with Crippen LogP contribution in [0.25, 0.3) is 0 Å². The average molecular weight is 361 g/mol. The van der Waals surface area contributed by atoms with Gasteiger partial charge in [0.1, 0.15) is 18.2 Å². The molecule has 0 spiro atoms. The summed E-state index contributed by atoms with van der Waals surface area (Å²) in [6.07, 6.45) is 0.434. The van der Waals surface area contributed by atoms with Crippen molar-refractivity contribution in [3.63, 3.8) is 0 Å². The lowest BCUT2D eigenvalue weighted by Gasteiger charge is -2.07. The van der Waals surface area contributed by atoms with E-state index < -0.39 is 30.1 Å². The fourth-order valence-electron chi connectivity index (χ4n) is 2.14. The van der Waals surface area contributed by atoms with Crippen molar-refractivity contribution in [3.05, 3.63) is 71.3 Å². The smallest absolute Gasteiger partial charge is 0.325 e. The van der Waals surface area contributed by atoms with Crippen molar-refractivity contribution in [2.24, 2.45) is 0 Å². The first-order chi connectivity index (χ1) is 12.5. The number of halogens is 2. The fourth-order valence-corrected chi connectivity index (χ4v) is 2.14. The quantitative estimate of drug-likeness (QED) is 0.446. The van der Waals surface area contributed by atoms with Crippen LogP contribution in [-0.2, 0) is 9.53 Å². The lowest BCUT2D eigenvalue weighted by Crippen LogP contribution is -2.31. The molecule has 0 aromatic heterocycles. The molecule has 0 aliphatic carbocycles. The Labute approximate surface area is 149 Å². The van der Waals surface area contributed by atoms with Gasteiger partial charge in [-0.2, -0.15) is 0 Å². The second kappa shape index (κ2) is 9.41. The largest absolute Gasteiger partial charge is 0.464 e. The Bertz CT molecular complexity index is 790. The number of hydrogen-bond acceptors (Lipinski definition) is 4. The van der Waals surface area contributed by atoms with Gasteiger partial charge in [-0.3, -0.25) is 14.4 Å². The van der Waals surface area contributed by atoms with Crippen molar-refractivity contribution in [3.8, 4) is 0 Å². The molecule has 0 bridgehead atoms. The van der Waals surface area contributed by atoms with Gasteiger partial charge in [0, 0.05) is 12.0 Å². The van der Waals surface area contributed by atoms with Gasteiger partial charge < -0.3 is 10.1 Å². The third kappa shape index (κ3) is 5.77. The standard InChI is InChI=1S/C19H17F2NO4/c20-14-9-7-13(8-10-14)17(23)6-3-11-26-18(24)12-22-19(25)15-4-1-2-5-16(15)21/h1-2,4-5,7-10H,3,6,11-12H2,(H,22,25). The molecule has 2 aromatic rings. The molecule has 0 radical (unpaired) electrons. The number of Topliss-reactive ketones (excluding diaryl/α,β-unsaturated/α-hetero) is 1. The predicted molar refractivity (Wildman–Crippen MR) is 89.7 cm³/mol. The summed E-state index contributed by atoms with van der Waals surface area (Å²) in [7, 11) is 0. The first-order valence-electron chi connectivity index (χ1n) is 7.94. The molecule has 7 heteroatoms. The number of amides is 1. The van der Waals surface area contributed by atoms with Crippen molar-refractivity contribution in [2.75, 3.05) is 13.2 Å². The van der Waals surface area contributed by atoms with E-state index in [0.717, 1.165) is 6.07 Å². The highest BCUT2D eigenvalue weighted by molar-refractivity contribution is 5.96. The zero-order chi connectivity index (χ0) is 18.9. The molecule has 26 heavy (non-hydrogen) atoms. The molecule has 0 fully saturated rings. The molecule has 1 N–H and O–H groups in total. The lowest BCUT2D eigenvalue weighted by molar-refractivity contribution is -0.142. The van der Waals surface area contributed by atoms with Crippen molar-refractivity contribution in [1.82, 2.24) is 5.32 Å². The third-order valence-electron chi connectivity index (χ3n) is 3.49. The SMILES string of the molecule is O=C(CNC(=O)c1ccccc1F)OCCCC(=O)c1ccc(F)cc1. The Morgan fingerprint density at radius 2 is 1.65 bits per heavy atom. The highest BCUT2D eigenvalue weighted by atomic mass is 19.1. The number of ether oxygens (including phenoxy) is 1. The van der Waals surface area contributed by atoms with Gasteiger partial charge >= 0.3 is 5.97 Å². The molecule has 0 aliphatic rings. The van der Waals surface area contributed by atoms with Crippen molar-refractivity contribution in [1.29, 1.82) is 0 Å². The molecule has 2 rings (SSSR count). The van der Waals surface area contributed by atoms with Gasteiger partial charge in [0.15, 0.2) is 5.78 Å². The first kappa shape index (κ1) is 19.2. The van der Waals surface area contributed by atoms with Crippen LogP contribution >= 0.6 is 0 Å². The van der Waals surface area contributed by atoms with Gasteiger partial charge in [0.05, 0.1) is 12.2 Å². The van der Waals surface area contributed by atoms with Gasteiger partial charge in [-0.1, -0.05) is 12.1 Å². The molecular formula is C19H17F2NO4. The minimum Gasteiger partial charge on any atom is -0.464 e. The average Bonchev–Trinajstić information content (AvgIpc) is 2.64. The van der Waals surface area contributed by atoms with Crippen LogP contribution in [0.3, 0.4) is 0 Å². The zero-order valence-electron chi connectivity index (χ0n) is 13.8. The summed E-state index contributed by atoms with van der Waals surface area (Å²) >= 11 is 0. The van der Waals surface area contributed by atoms with E-state index >= 15 is 0 Å². The summed E-state index contributed by atoms with van der Waals surface area (Å²) in [5.41, 5.74) is 0.222. The molecule has 2 aromatic carbocycles. The normalized spacial score (nSPS) is 10.2. The van der Waals surface area contributed by atoms with E-state index in [4.69, 9.17) is 4.74 Å². The lowest BCUT2D eigenvalue weighted by atomic mass is 10.1. The Balaban J connectivity index is 1.66. The molecule has 0 saturated heterocycles. The number of esters is 1. The summed E-state index contributed by atoms with van der Waals surface area (Å²) < 4.78 is 31.1. The molecule has 5 nitrogen and oxygen atoms in total. The molecule has 0 unspecified atom stereocenters. The van der Waals surface area contributed by atoms with E-state index in [1.165, 1.54) is 42.5 Å². The van der Waals surface area contributed by atoms with E-state index in [9.17, 15) is 23.2 Å². The molecular weight excluding hydrogens is 344 g/mol. The van der Waals surface area contributed by atoms with Crippen LogP contribution in [0, 0.1) is 11.6 Å². The van der Waals surface area contributed by atoms with Crippen LogP contribution in [0.1, 0.15) is 33.6 Å². The molecule has 0 aliphatic heterocycles. The second-order valence-electron chi connectivity index (χ2n) is 5.42. The maximum absolute atomic E-state index is 13.4. The van der Waals surface area contributed by atoms with E-state index in [0.29, 0.717) is 12.0 Å².